The number of hydrogen-bond acceptors (Lipinski definition) is 3. The highest BCUT2D eigenvalue weighted by molar-refractivity contribution is 6.17. The molecular formula is C26H24FNO3. The minimum atomic E-state index is -1.30. The van der Waals surface area contributed by atoms with E-state index in [-0.39, 0.29) is 11.3 Å². The smallest absolute Gasteiger partial charge is 0.236 e. The summed E-state index contributed by atoms with van der Waals surface area (Å²) in [6.45, 7) is 3.49. The first kappa shape index (κ1) is 22.1. The van der Waals surface area contributed by atoms with Gasteiger partial charge in [-0.15, -0.1) is 0 Å². The van der Waals surface area contributed by atoms with Crippen molar-refractivity contribution in [2.45, 2.75) is 19.8 Å². The van der Waals surface area contributed by atoms with Crippen molar-refractivity contribution in [1.82, 2.24) is 0 Å². The van der Waals surface area contributed by atoms with Gasteiger partial charge in [0, 0.05) is 17.2 Å². The Morgan fingerprint density at radius 1 is 0.774 bits per heavy atom. The van der Waals surface area contributed by atoms with Gasteiger partial charge in [-0.1, -0.05) is 62.4 Å². The number of nitrogens with one attached hydrogen (secondary N) is 1. The van der Waals surface area contributed by atoms with Crippen molar-refractivity contribution in [1.29, 1.82) is 0 Å². The van der Waals surface area contributed by atoms with E-state index in [1.807, 2.05) is 6.07 Å². The molecule has 3 aromatic carbocycles. The van der Waals surface area contributed by atoms with Gasteiger partial charge in [-0.3, -0.25) is 14.4 Å². The normalized spacial score (nSPS) is 12.8. The van der Waals surface area contributed by atoms with E-state index in [9.17, 15) is 18.8 Å². The van der Waals surface area contributed by atoms with Crippen molar-refractivity contribution in [3.63, 3.8) is 0 Å². The van der Waals surface area contributed by atoms with Crippen LogP contribution >= 0.6 is 0 Å². The zero-order valence-electron chi connectivity index (χ0n) is 17.4. The average molecular weight is 417 g/mol. The van der Waals surface area contributed by atoms with Crippen LogP contribution in [0, 0.1) is 17.7 Å². The quantitative estimate of drug-likeness (QED) is 0.401. The first-order valence-electron chi connectivity index (χ1n) is 10.1. The topological polar surface area (TPSA) is 63.2 Å². The second-order valence-corrected chi connectivity index (χ2v) is 7.65. The van der Waals surface area contributed by atoms with Crippen LogP contribution in [0.25, 0.3) is 0 Å². The van der Waals surface area contributed by atoms with Crippen molar-refractivity contribution in [3.05, 3.63) is 102 Å². The molecule has 0 aromatic heterocycles. The first-order chi connectivity index (χ1) is 14.9. The second-order valence-electron chi connectivity index (χ2n) is 7.65. The fourth-order valence-electron chi connectivity index (χ4n) is 3.50. The lowest BCUT2D eigenvalue weighted by molar-refractivity contribution is -0.128. The number of carbonyl (C=O) groups is 3. The number of benzene rings is 3. The number of carbonyl (C=O) groups excluding carboxylic acids is 3. The zero-order chi connectivity index (χ0) is 22.4. The standard InChI is InChI=1S/C26H24FNO3/c1-17(2)24(29)22(18-9-5-3-6-10-18)23(25(30)19-13-15-20(27)16-14-19)26(31)28-21-11-7-4-8-12-21/h3-17,22-23H,1-2H3,(H,28,31). The van der Waals surface area contributed by atoms with E-state index in [1.54, 1.807) is 68.4 Å². The molecule has 3 aromatic rings. The van der Waals surface area contributed by atoms with Gasteiger partial charge in [0.2, 0.25) is 5.91 Å². The average Bonchev–Trinajstić information content (AvgIpc) is 2.78. The van der Waals surface area contributed by atoms with Crippen LogP contribution in [0.2, 0.25) is 0 Å². The predicted molar refractivity (Wildman–Crippen MR) is 118 cm³/mol. The van der Waals surface area contributed by atoms with Crippen LogP contribution in [-0.4, -0.2) is 17.5 Å². The summed E-state index contributed by atoms with van der Waals surface area (Å²) in [5, 5.41) is 2.76. The molecule has 158 valence electrons. The SMILES string of the molecule is CC(C)C(=O)C(c1ccccc1)C(C(=O)Nc1ccccc1)C(=O)c1ccc(F)cc1. The van der Waals surface area contributed by atoms with Crippen molar-refractivity contribution in [2.24, 2.45) is 11.8 Å². The van der Waals surface area contributed by atoms with E-state index in [0.717, 1.165) is 0 Å². The van der Waals surface area contributed by atoms with E-state index in [0.29, 0.717) is 11.3 Å². The molecule has 0 radical (unpaired) electrons. The fraction of sp³-hybridized carbons (Fsp3) is 0.192. The summed E-state index contributed by atoms with van der Waals surface area (Å²) in [7, 11) is 0. The number of amides is 1. The summed E-state index contributed by atoms with van der Waals surface area (Å²) >= 11 is 0. The highest BCUT2D eigenvalue weighted by Gasteiger charge is 2.41. The molecule has 0 spiro atoms. The van der Waals surface area contributed by atoms with E-state index in [4.69, 9.17) is 0 Å². The molecule has 0 saturated carbocycles. The van der Waals surface area contributed by atoms with Gasteiger partial charge < -0.3 is 5.32 Å². The van der Waals surface area contributed by atoms with Crippen molar-refractivity contribution in [2.75, 3.05) is 5.32 Å². The molecule has 0 aliphatic heterocycles. The van der Waals surface area contributed by atoms with E-state index < -0.39 is 35.3 Å². The van der Waals surface area contributed by atoms with Crippen LogP contribution in [0.3, 0.4) is 0 Å². The van der Waals surface area contributed by atoms with Crippen LogP contribution in [0.4, 0.5) is 10.1 Å². The number of ketones is 2. The summed E-state index contributed by atoms with van der Waals surface area (Å²) in [6, 6.07) is 22.6. The molecular weight excluding hydrogens is 393 g/mol. The van der Waals surface area contributed by atoms with Crippen LogP contribution in [0.1, 0.15) is 35.7 Å². The second kappa shape index (κ2) is 9.94. The maximum Gasteiger partial charge on any atom is 0.236 e. The van der Waals surface area contributed by atoms with Gasteiger partial charge >= 0.3 is 0 Å². The van der Waals surface area contributed by atoms with E-state index in [1.165, 1.54) is 24.3 Å². The summed E-state index contributed by atoms with van der Waals surface area (Å²) in [5.41, 5.74) is 1.28. The third-order valence-corrected chi connectivity index (χ3v) is 5.10. The summed E-state index contributed by atoms with van der Waals surface area (Å²) in [4.78, 5) is 40.1. The number of anilines is 1. The molecule has 5 heteroatoms. The van der Waals surface area contributed by atoms with Crippen LogP contribution in [-0.2, 0) is 9.59 Å². The summed E-state index contributed by atoms with van der Waals surface area (Å²) < 4.78 is 13.4. The first-order valence-corrected chi connectivity index (χ1v) is 10.1. The Labute approximate surface area is 181 Å². The Bertz CT molecular complexity index is 1050. The molecule has 0 fully saturated rings. The Balaban J connectivity index is 2.09. The third kappa shape index (κ3) is 5.31. The Hall–Kier alpha value is -3.60. The van der Waals surface area contributed by atoms with Gasteiger partial charge in [0.25, 0.3) is 0 Å². The van der Waals surface area contributed by atoms with Gasteiger partial charge in [0.05, 0.1) is 5.92 Å². The van der Waals surface area contributed by atoms with E-state index in [2.05, 4.69) is 5.32 Å². The molecule has 2 unspecified atom stereocenters. The highest BCUT2D eigenvalue weighted by atomic mass is 19.1. The molecule has 0 saturated heterocycles. The predicted octanol–water partition coefficient (Wildman–Crippen LogP) is 5.27. The summed E-state index contributed by atoms with van der Waals surface area (Å²) in [5.74, 6) is -4.47. The lowest BCUT2D eigenvalue weighted by Gasteiger charge is -2.26. The number of para-hydroxylation sites is 1. The van der Waals surface area contributed by atoms with Crippen molar-refractivity contribution in [3.8, 4) is 0 Å². The van der Waals surface area contributed by atoms with Crippen LogP contribution in [0.15, 0.2) is 84.9 Å². The molecule has 2 atom stereocenters. The number of Topliss-reactive ketones (excluding diaryl/α,β-unsaturated/α-hetero) is 2. The van der Waals surface area contributed by atoms with Gasteiger partial charge in [0.15, 0.2) is 5.78 Å². The molecule has 0 heterocycles. The minimum absolute atomic E-state index is 0.173. The Kier molecular flexibility index (Phi) is 7.08. The molecule has 1 N–H and O–H groups in total. The number of rotatable bonds is 8. The lowest BCUT2D eigenvalue weighted by Crippen LogP contribution is -2.39. The zero-order valence-corrected chi connectivity index (χ0v) is 17.4. The van der Waals surface area contributed by atoms with Crippen molar-refractivity contribution < 1.29 is 18.8 Å². The number of hydrogen-bond donors (Lipinski definition) is 1. The molecule has 0 bridgehead atoms. The van der Waals surface area contributed by atoms with Gasteiger partial charge in [0.1, 0.15) is 17.5 Å². The monoisotopic (exact) mass is 417 g/mol. The van der Waals surface area contributed by atoms with E-state index >= 15 is 0 Å². The maximum absolute atomic E-state index is 13.5. The Morgan fingerprint density at radius 3 is 1.87 bits per heavy atom. The lowest BCUT2D eigenvalue weighted by atomic mass is 9.75. The van der Waals surface area contributed by atoms with Crippen LogP contribution in [0.5, 0.6) is 0 Å². The van der Waals surface area contributed by atoms with Crippen molar-refractivity contribution >= 4 is 23.2 Å². The largest absolute Gasteiger partial charge is 0.325 e. The molecule has 3 rings (SSSR count). The number of halogens is 1. The fourth-order valence-corrected chi connectivity index (χ4v) is 3.50. The highest BCUT2D eigenvalue weighted by Crippen LogP contribution is 2.32. The Morgan fingerprint density at radius 2 is 1.32 bits per heavy atom. The maximum atomic E-state index is 13.5. The molecule has 0 aliphatic carbocycles. The third-order valence-electron chi connectivity index (χ3n) is 5.10. The summed E-state index contributed by atoms with van der Waals surface area (Å²) in [6.07, 6.45) is 0. The van der Waals surface area contributed by atoms with Crippen LogP contribution < -0.4 is 5.32 Å². The minimum Gasteiger partial charge on any atom is -0.325 e. The molecule has 31 heavy (non-hydrogen) atoms. The van der Waals surface area contributed by atoms with Gasteiger partial charge in [-0.2, -0.15) is 0 Å². The van der Waals surface area contributed by atoms with Gasteiger partial charge in [-0.25, -0.2) is 4.39 Å². The van der Waals surface area contributed by atoms with Gasteiger partial charge in [-0.05, 0) is 42.0 Å². The molecule has 1 amide bonds. The molecule has 4 nitrogen and oxygen atoms in total. The molecule has 0 aliphatic rings.